The first-order valence-electron chi connectivity index (χ1n) is 8.88. The van der Waals surface area contributed by atoms with Crippen LogP contribution in [0.1, 0.15) is 29.8 Å². The summed E-state index contributed by atoms with van der Waals surface area (Å²) in [6.07, 6.45) is -0.266. The zero-order chi connectivity index (χ0) is 18.9. The fourth-order valence-corrected chi connectivity index (χ4v) is 2.73. The summed E-state index contributed by atoms with van der Waals surface area (Å²) in [5, 5.41) is 3.28. The average Bonchev–Trinajstić information content (AvgIpc) is 2.65. The highest BCUT2D eigenvalue weighted by molar-refractivity contribution is 5.92. The molecule has 3 N–H and O–H groups in total. The van der Waals surface area contributed by atoms with Crippen LogP contribution in [0.15, 0.2) is 29.3 Å². The summed E-state index contributed by atoms with van der Waals surface area (Å²) >= 11 is 0. The lowest BCUT2D eigenvalue weighted by Crippen LogP contribution is -2.53. The minimum atomic E-state index is -0.446. The maximum atomic E-state index is 11.8. The van der Waals surface area contributed by atoms with E-state index in [4.69, 9.17) is 10.5 Å². The molecule has 0 saturated carbocycles. The number of nitrogens with one attached hydrogen (secondary N) is 1. The molecule has 142 valence electrons. The van der Waals surface area contributed by atoms with Crippen molar-refractivity contribution in [2.24, 2.45) is 10.7 Å². The van der Waals surface area contributed by atoms with Crippen LogP contribution < -0.4 is 11.1 Å². The van der Waals surface area contributed by atoms with E-state index in [1.807, 2.05) is 13.0 Å². The van der Waals surface area contributed by atoms with Crippen LogP contribution in [0.4, 0.5) is 4.79 Å². The quantitative estimate of drug-likeness (QED) is 0.603. The van der Waals surface area contributed by atoms with Crippen LogP contribution in [-0.4, -0.2) is 67.1 Å². The maximum Gasteiger partial charge on any atom is 0.409 e. The highest BCUT2D eigenvalue weighted by Gasteiger charge is 2.23. The minimum absolute atomic E-state index is 0.266. The number of carbonyl (C=O) groups is 2. The topological polar surface area (TPSA) is 100 Å². The van der Waals surface area contributed by atoms with E-state index in [1.165, 1.54) is 0 Å². The molecule has 1 aliphatic heterocycles. The predicted molar refractivity (Wildman–Crippen MR) is 99.9 cm³/mol. The molecule has 0 aromatic heterocycles. The molecule has 8 nitrogen and oxygen atoms in total. The van der Waals surface area contributed by atoms with Gasteiger partial charge in [0.25, 0.3) is 0 Å². The molecule has 26 heavy (non-hydrogen) atoms. The Balaban J connectivity index is 2.00. The van der Waals surface area contributed by atoms with Crippen molar-refractivity contribution in [3.8, 4) is 0 Å². The first kappa shape index (κ1) is 19.6. The van der Waals surface area contributed by atoms with Gasteiger partial charge < -0.3 is 25.6 Å². The third-order valence-corrected chi connectivity index (χ3v) is 4.06. The van der Waals surface area contributed by atoms with Crippen molar-refractivity contribution < 1.29 is 14.3 Å². The second kappa shape index (κ2) is 9.65. The van der Waals surface area contributed by atoms with Crippen molar-refractivity contribution in [3.63, 3.8) is 0 Å². The number of rotatable bonds is 5. The van der Waals surface area contributed by atoms with Crippen LogP contribution in [0, 0.1) is 0 Å². The smallest absolute Gasteiger partial charge is 0.409 e. The molecule has 1 fully saturated rings. The lowest BCUT2D eigenvalue weighted by atomic mass is 10.1. The molecule has 0 unspecified atom stereocenters. The Morgan fingerprint density at radius 3 is 2.50 bits per heavy atom. The molecule has 0 atom stereocenters. The summed E-state index contributed by atoms with van der Waals surface area (Å²) in [7, 11) is 0. The van der Waals surface area contributed by atoms with Crippen molar-refractivity contribution in [1.82, 2.24) is 15.1 Å². The van der Waals surface area contributed by atoms with Crippen LogP contribution in [0.3, 0.4) is 0 Å². The maximum absolute atomic E-state index is 11.8. The summed E-state index contributed by atoms with van der Waals surface area (Å²) in [4.78, 5) is 31.6. The number of piperazine rings is 1. The van der Waals surface area contributed by atoms with Gasteiger partial charge in [0, 0.05) is 38.3 Å². The number of guanidine groups is 1. The van der Waals surface area contributed by atoms with Gasteiger partial charge in [0.05, 0.1) is 13.2 Å². The lowest BCUT2D eigenvalue weighted by Gasteiger charge is -2.35. The molecule has 1 aromatic rings. The highest BCUT2D eigenvalue weighted by atomic mass is 16.6. The summed E-state index contributed by atoms with van der Waals surface area (Å²) in [6, 6.07) is 7.16. The normalized spacial score (nSPS) is 14.9. The van der Waals surface area contributed by atoms with E-state index in [-0.39, 0.29) is 6.09 Å². The monoisotopic (exact) mass is 361 g/mol. The van der Waals surface area contributed by atoms with Gasteiger partial charge in [0.2, 0.25) is 5.91 Å². The molecule has 0 radical (unpaired) electrons. The molecule has 1 aliphatic rings. The highest BCUT2D eigenvalue weighted by Crippen LogP contribution is 2.08. The number of hydrogen-bond acceptors (Lipinski definition) is 4. The Morgan fingerprint density at radius 2 is 1.88 bits per heavy atom. The molecule has 0 bridgehead atoms. The summed E-state index contributed by atoms with van der Waals surface area (Å²) in [5.41, 5.74) is 6.72. The van der Waals surface area contributed by atoms with Crippen molar-refractivity contribution in [1.29, 1.82) is 0 Å². The first-order valence-corrected chi connectivity index (χ1v) is 8.88. The van der Waals surface area contributed by atoms with Gasteiger partial charge in [-0.1, -0.05) is 12.1 Å². The summed E-state index contributed by atoms with van der Waals surface area (Å²) in [5.74, 6) is 0.346. The molecule has 1 aromatic carbocycles. The average molecular weight is 361 g/mol. The SMILES string of the molecule is CCNC(=NCc1cccc(C(N)=O)c1)N1CCN(C(=O)OCC)CC1. The second-order valence-corrected chi connectivity index (χ2v) is 5.91. The van der Waals surface area contributed by atoms with E-state index in [0.717, 1.165) is 18.1 Å². The molecule has 8 heteroatoms. The number of aliphatic imine (C=N–C) groups is 1. The molecular weight excluding hydrogens is 334 g/mol. The van der Waals surface area contributed by atoms with Crippen LogP contribution in [0.25, 0.3) is 0 Å². The molecule has 2 amide bonds. The van der Waals surface area contributed by atoms with Gasteiger partial charge >= 0.3 is 6.09 Å². The number of carbonyl (C=O) groups excluding carboxylic acids is 2. The zero-order valence-electron chi connectivity index (χ0n) is 15.4. The Hall–Kier alpha value is -2.77. The number of benzene rings is 1. The van der Waals surface area contributed by atoms with E-state index in [2.05, 4.69) is 15.2 Å². The van der Waals surface area contributed by atoms with Gasteiger partial charge in [0.15, 0.2) is 5.96 Å². The van der Waals surface area contributed by atoms with E-state index in [1.54, 1.807) is 30.0 Å². The molecule has 2 rings (SSSR count). The van der Waals surface area contributed by atoms with Gasteiger partial charge in [-0.15, -0.1) is 0 Å². The van der Waals surface area contributed by atoms with Crippen LogP contribution >= 0.6 is 0 Å². The first-order chi connectivity index (χ1) is 12.5. The van der Waals surface area contributed by atoms with Crippen LogP contribution in [-0.2, 0) is 11.3 Å². The lowest BCUT2D eigenvalue weighted by molar-refractivity contribution is 0.0914. The van der Waals surface area contributed by atoms with Crippen molar-refractivity contribution in [2.45, 2.75) is 20.4 Å². The van der Waals surface area contributed by atoms with E-state index >= 15 is 0 Å². The summed E-state index contributed by atoms with van der Waals surface area (Å²) in [6.45, 7) is 7.96. The molecule has 0 spiro atoms. The van der Waals surface area contributed by atoms with Crippen molar-refractivity contribution >= 4 is 18.0 Å². The minimum Gasteiger partial charge on any atom is -0.450 e. The third kappa shape index (κ3) is 5.37. The number of nitrogens with zero attached hydrogens (tertiary/aromatic N) is 3. The van der Waals surface area contributed by atoms with Crippen molar-refractivity contribution in [2.75, 3.05) is 39.3 Å². The fourth-order valence-electron chi connectivity index (χ4n) is 2.73. The molecular formula is C18H27N5O3. The van der Waals surface area contributed by atoms with Crippen LogP contribution in [0.2, 0.25) is 0 Å². The van der Waals surface area contributed by atoms with Crippen molar-refractivity contribution in [3.05, 3.63) is 35.4 Å². The fraction of sp³-hybridized carbons (Fsp3) is 0.500. The Bertz CT molecular complexity index is 654. The van der Waals surface area contributed by atoms with Gasteiger partial charge in [-0.25, -0.2) is 9.79 Å². The van der Waals surface area contributed by atoms with Gasteiger partial charge in [-0.3, -0.25) is 4.79 Å². The Kier molecular flexibility index (Phi) is 7.25. The van der Waals surface area contributed by atoms with Crippen LogP contribution in [0.5, 0.6) is 0 Å². The standard InChI is InChI=1S/C18H27N5O3/c1-3-20-17(21-13-14-6-5-7-15(12-14)16(19)24)22-8-10-23(11-9-22)18(25)26-4-2/h5-7,12H,3-4,8-11,13H2,1-2H3,(H2,19,24)(H,20,21). The predicted octanol–water partition coefficient (Wildman–Crippen LogP) is 1.03. The number of primary amides is 1. The van der Waals surface area contributed by atoms with Gasteiger partial charge in [0.1, 0.15) is 0 Å². The second-order valence-electron chi connectivity index (χ2n) is 5.91. The number of nitrogens with two attached hydrogens (primary N) is 1. The summed E-state index contributed by atoms with van der Waals surface area (Å²) < 4.78 is 5.05. The molecule has 0 aliphatic carbocycles. The molecule has 1 heterocycles. The zero-order valence-corrected chi connectivity index (χ0v) is 15.4. The Labute approximate surface area is 154 Å². The van der Waals surface area contributed by atoms with Gasteiger partial charge in [-0.2, -0.15) is 0 Å². The number of amides is 2. The Morgan fingerprint density at radius 1 is 1.19 bits per heavy atom. The van der Waals surface area contributed by atoms with E-state index in [0.29, 0.717) is 44.9 Å². The van der Waals surface area contributed by atoms with E-state index in [9.17, 15) is 9.59 Å². The molecule has 1 saturated heterocycles. The van der Waals surface area contributed by atoms with E-state index < -0.39 is 5.91 Å². The van der Waals surface area contributed by atoms with Gasteiger partial charge in [-0.05, 0) is 31.5 Å². The number of hydrogen-bond donors (Lipinski definition) is 2. The largest absolute Gasteiger partial charge is 0.450 e. The third-order valence-electron chi connectivity index (χ3n) is 4.06. The number of ether oxygens (including phenoxy) is 1.